The molecule has 2 atom stereocenters. The lowest BCUT2D eigenvalue weighted by Crippen LogP contribution is -2.61. The van der Waals surface area contributed by atoms with Crippen molar-refractivity contribution in [3.05, 3.63) is 57.9 Å². The molecule has 6 nitrogen and oxygen atoms in total. The first-order valence-electron chi connectivity index (χ1n) is 11.8. The van der Waals surface area contributed by atoms with Crippen LogP contribution < -0.4 is 0 Å². The van der Waals surface area contributed by atoms with Crippen LogP contribution in [-0.4, -0.2) is 34.0 Å². The molecule has 0 spiro atoms. The minimum Gasteiger partial charge on any atom is -0.504 e. The Morgan fingerprint density at radius 2 is 1.50 bits per heavy atom. The van der Waals surface area contributed by atoms with Crippen LogP contribution in [-0.2, 0) is 23.9 Å². The number of esters is 1. The molecule has 3 rings (SSSR count). The Morgan fingerprint density at radius 1 is 0.941 bits per heavy atom. The number of allylic oxidation sites excluding steroid dienone is 8. The molecule has 34 heavy (non-hydrogen) atoms. The summed E-state index contributed by atoms with van der Waals surface area (Å²) >= 11 is 0. The quantitative estimate of drug-likeness (QED) is 0.245. The summed E-state index contributed by atoms with van der Waals surface area (Å²) in [6, 6.07) is 0. The lowest BCUT2D eigenvalue weighted by atomic mass is 9.69. The summed E-state index contributed by atoms with van der Waals surface area (Å²) in [5.74, 6) is -5.74. The number of hydrogen-bond donors (Lipinski definition) is 1. The Bertz CT molecular complexity index is 1030. The molecule has 0 saturated heterocycles. The fourth-order valence-corrected chi connectivity index (χ4v) is 4.48. The van der Waals surface area contributed by atoms with Gasteiger partial charge in [-0.25, -0.2) is 0 Å². The number of hydrogen-bond acceptors (Lipinski definition) is 6. The summed E-state index contributed by atoms with van der Waals surface area (Å²) in [5, 5.41) is 10.8. The topological polar surface area (TPSA) is 97.7 Å². The summed E-state index contributed by atoms with van der Waals surface area (Å²) in [6.07, 6.45) is 11.1. The third-order valence-electron chi connectivity index (χ3n) is 6.28. The Labute approximate surface area is 202 Å². The second-order valence-corrected chi connectivity index (χ2v) is 9.63. The van der Waals surface area contributed by atoms with Gasteiger partial charge in [-0.15, -0.1) is 0 Å². The van der Waals surface area contributed by atoms with Crippen molar-refractivity contribution in [3.63, 3.8) is 0 Å². The van der Waals surface area contributed by atoms with Crippen molar-refractivity contribution in [1.29, 1.82) is 0 Å². The molecular formula is C28H36O6. The average Bonchev–Trinajstić information content (AvgIpc) is 2.74. The van der Waals surface area contributed by atoms with Gasteiger partial charge in [-0.1, -0.05) is 46.6 Å². The second-order valence-electron chi connectivity index (χ2n) is 9.63. The van der Waals surface area contributed by atoms with Crippen LogP contribution >= 0.6 is 0 Å². The van der Waals surface area contributed by atoms with Crippen molar-refractivity contribution in [2.75, 3.05) is 0 Å². The predicted octanol–water partition coefficient (Wildman–Crippen LogP) is 5.60. The molecule has 2 bridgehead atoms. The molecule has 6 heteroatoms. The molecule has 1 N–H and O–H groups in total. The largest absolute Gasteiger partial charge is 0.504 e. The fourth-order valence-electron chi connectivity index (χ4n) is 4.48. The summed E-state index contributed by atoms with van der Waals surface area (Å²) < 4.78 is 5.41. The molecular weight excluding hydrogens is 432 g/mol. The number of carbonyl (C=O) groups is 4. The summed E-state index contributed by atoms with van der Waals surface area (Å²) in [6.45, 7) is 10.6. The zero-order chi connectivity index (χ0) is 25.6. The van der Waals surface area contributed by atoms with Gasteiger partial charge in [0.05, 0.1) is 5.57 Å². The van der Waals surface area contributed by atoms with E-state index in [1.807, 2.05) is 19.9 Å². The van der Waals surface area contributed by atoms with Gasteiger partial charge in [0.1, 0.15) is 0 Å². The van der Waals surface area contributed by atoms with E-state index >= 15 is 0 Å². The highest BCUT2D eigenvalue weighted by molar-refractivity contribution is 6.54. The first-order chi connectivity index (χ1) is 15.9. The smallest absolute Gasteiger partial charge is 0.304 e. The standard InChI is InChI=1S/C28H36O6/c1-17(2)15-22-16-20(5)12-8-10-18(3)9-7-11-19(4)13-14-23-24(30)26(32)28(22,34-21(6)29)27(33)25(23)31/h9,12-13,15,22,30H,7-8,10-11,14,16H2,1-6H3/b18-9-,19-13-,20-12-/t22-,28+/m1/s1. The van der Waals surface area contributed by atoms with Crippen molar-refractivity contribution >= 4 is 23.3 Å². The summed E-state index contributed by atoms with van der Waals surface area (Å²) in [7, 11) is 0. The summed E-state index contributed by atoms with van der Waals surface area (Å²) in [5.41, 5.74) is 1.26. The van der Waals surface area contributed by atoms with Crippen molar-refractivity contribution in [3.8, 4) is 0 Å². The van der Waals surface area contributed by atoms with E-state index in [-0.39, 0.29) is 18.4 Å². The third kappa shape index (κ3) is 6.10. The van der Waals surface area contributed by atoms with Crippen LogP contribution in [0.5, 0.6) is 0 Å². The molecule has 0 aromatic heterocycles. The monoisotopic (exact) mass is 468 g/mol. The second kappa shape index (κ2) is 11.4. The lowest BCUT2D eigenvalue weighted by molar-refractivity contribution is -0.177. The Morgan fingerprint density at radius 3 is 2.06 bits per heavy atom. The van der Waals surface area contributed by atoms with Gasteiger partial charge >= 0.3 is 5.97 Å². The van der Waals surface area contributed by atoms with Crippen LogP contribution in [0.4, 0.5) is 0 Å². The number of carbonyl (C=O) groups excluding carboxylic acids is 4. The van der Waals surface area contributed by atoms with Gasteiger partial charge in [0.25, 0.3) is 5.78 Å². The van der Waals surface area contributed by atoms with Crippen LogP contribution in [0.1, 0.15) is 80.1 Å². The van der Waals surface area contributed by atoms with Crippen molar-refractivity contribution < 1.29 is 29.0 Å². The van der Waals surface area contributed by atoms with Gasteiger partial charge in [-0.05, 0) is 73.1 Å². The van der Waals surface area contributed by atoms with Gasteiger partial charge < -0.3 is 9.84 Å². The number of Topliss-reactive ketones (excluding diaryl/α,β-unsaturated/α-hetero) is 3. The third-order valence-corrected chi connectivity index (χ3v) is 6.28. The molecule has 0 unspecified atom stereocenters. The van der Waals surface area contributed by atoms with Gasteiger partial charge in [0.2, 0.25) is 17.2 Å². The van der Waals surface area contributed by atoms with E-state index in [2.05, 4.69) is 13.0 Å². The molecule has 3 aliphatic rings. The highest BCUT2D eigenvalue weighted by atomic mass is 16.6. The van der Waals surface area contributed by atoms with Gasteiger partial charge in [-0.2, -0.15) is 0 Å². The zero-order valence-electron chi connectivity index (χ0n) is 21.1. The normalized spacial score (nSPS) is 29.9. The van der Waals surface area contributed by atoms with Crippen molar-refractivity contribution in [1.82, 2.24) is 0 Å². The minimum absolute atomic E-state index is 0.0426. The minimum atomic E-state index is -2.43. The van der Waals surface area contributed by atoms with Crippen molar-refractivity contribution in [2.45, 2.75) is 85.7 Å². The van der Waals surface area contributed by atoms with Gasteiger partial charge in [0, 0.05) is 12.8 Å². The van der Waals surface area contributed by atoms with Gasteiger partial charge in [0.15, 0.2) is 5.76 Å². The molecule has 184 valence electrons. The Kier molecular flexibility index (Phi) is 9.14. The number of aliphatic hydroxyl groups excluding tert-OH is 1. The Hall–Kier alpha value is -3.02. The maximum Gasteiger partial charge on any atom is 0.304 e. The number of aliphatic hydroxyl groups is 1. The van der Waals surface area contributed by atoms with Gasteiger partial charge in [-0.3, -0.25) is 19.2 Å². The zero-order valence-corrected chi connectivity index (χ0v) is 21.1. The number of ketones is 3. The maximum absolute atomic E-state index is 13.6. The first kappa shape index (κ1) is 27.2. The van der Waals surface area contributed by atoms with Crippen LogP contribution in [0.2, 0.25) is 0 Å². The van der Waals surface area contributed by atoms with Crippen molar-refractivity contribution in [2.24, 2.45) is 5.92 Å². The van der Waals surface area contributed by atoms with E-state index in [4.69, 9.17) is 4.74 Å². The van der Waals surface area contributed by atoms with E-state index in [9.17, 15) is 24.3 Å². The Balaban J connectivity index is 2.76. The van der Waals surface area contributed by atoms with E-state index < -0.39 is 40.6 Å². The maximum atomic E-state index is 13.6. The van der Waals surface area contributed by atoms with E-state index in [0.29, 0.717) is 0 Å². The molecule has 0 saturated carbocycles. The molecule has 0 aromatic rings. The molecule has 0 aliphatic heterocycles. The van der Waals surface area contributed by atoms with E-state index in [0.717, 1.165) is 49.3 Å². The fraction of sp³-hybridized carbons (Fsp3) is 0.500. The molecule has 0 aromatic carbocycles. The molecule has 0 radical (unpaired) electrons. The molecule has 0 heterocycles. The van der Waals surface area contributed by atoms with Crippen LogP contribution in [0.15, 0.2) is 57.9 Å². The van der Waals surface area contributed by atoms with E-state index in [1.54, 1.807) is 26.0 Å². The predicted molar refractivity (Wildman–Crippen MR) is 131 cm³/mol. The number of rotatable bonds is 2. The number of ether oxygens (including phenoxy) is 1. The molecule has 0 fully saturated rings. The molecule has 0 amide bonds. The molecule has 3 aliphatic carbocycles. The average molecular weight is 469 g/mol. The first-order valence-corrected chi connectivity index (χ1v) is 11.8. The highest BCUT2D eigenvalue weighted by Gasteiger charge is 2.61. The van der Waals surface area contributed by atoms with Crippen LogP contribution in [0, 0.1) is 5.92 Å². The van der Waals surface area contributed by atoms with Crippen LogP contribution in [0.25, 0.3) is 0 Å². The summed E-state index contributed by atoms with van der Waals surface area (Å²) in [4.78, 5) is 52.4. The number of fused-ring (bicyclic) bond motifs is 11. The van der Waals surface area contributed by atoms with Crippen LogP contribution in [0.3, 0.4) is 0 Å². The lowest BCUT2D eigenvalue weighted by Gasteiger charge is -2.38. The highest BCUT2D eigenvalue weighted by Crippen LogP contribution is 2.39. The SMILES string of the molecule is CC(=O)O[C@]12C(=O)C(=O)C(=C(O)C1=O)C/C=C(/C)CC/C=C(/C)CC/C=C(/C)C[C@H]2C=C(C)C. The van der Waals surface area contributed by atoms with E-state index in [1.165, 1.54) is 5.57 Å².